The number of hydrogen-bond acceptors (Lipinski definition) is 3. The minimum atomic E-state index is -1.04. The highest BCUT2D eigenvalue weighted by Gasteiger charge is 2.47. The smallest absolute Gasteiger partial charge is 0.156 e. The molecule has 0 unspecified atom stereocenters. The quantitative estimate of drug-likeness (QED) is 0.798. The Balaban J connectivity index is 3.01. The molecule has 0 spiro atoms. The van der Waals surface area contributed by atoms with E-state index in [9.17, 15) is 14.7 Å². The van der Waals surface area contributed by atoms with Gasteiger partial charge in [-0.05, 0) is 31.9 Å². The fourth-order valence-corrected chi connectivity index (χ4v) is 2.42. The first-order chi connectivity index (χ1) is 7.19. The van der Waals surface area contributed by atoms with E-state index in [1.807, 2.05) is 13.8 Å². The summed E-state index contributed by atoms with van der Waals surface area (Å²) < 4.78 is 0. The number of rotatable bonds is 3. The number of aliphatic hydroxyl groups is 1. The molecule has 1 aliphatic rings. The topological polar surface area (TPSA) is 54.4 Å². The Labute approximate surface area is 96.5 Å². The highest BCUT2D eigenvalue weighted by Crippen LogP contribution is 2.45. The van der Waals surface area contributed by atoms with E-state index in [2.05, 4.69) is 0 Å². The highest BCUT2D eigenvalue weighted by molar-refractivity contribution is 5.92. The zero-order chi connectivity index (χ0) is 12.6. The van der Waals surface area contributed by atoms with Gasteiger partial charge >= 0.3 is 0 Å². The molecule has 1 atom stereocenters. The van der Waals surface area contributed by atoms with Crippen molar-refractivity contribution in [2.45, 2.75) is 52.6 Å². The van der Waals surface area contributed by atoms with Crippen LogP contribution in [0.5, 0.6) is 0 Å². The van der Waals surface area contributed by atoms with Gasteiger partial charge in [-0.3, -0.25) is 4.79 Å². The van der Waals surface area contributed by atoms with E-state index >= 15 is 0 Å². The van der Waals surface area contributed by atoms with Crippen LogP contribution in [0.3, 0.4) is 0 Å². The molecule has 0 fully saturated rings. The molecule has 0 saturated heterocycles. The summed E-state index contributed by atoms with van der Waals surface area (Å²) in [7, 11) is 0. The average Bonchev–Trinajstić information content (AvgIpc) is 2.10. The third-order valence-corrected chi connectivity index (χ3v) is 3.60. The molecular formula is C13H20O3. The molecule has 90 valence electrons. The summed E-state index contributed by atoms with van der Waals surface area (Å²) >= 11 is 0. The van der Waals surface area contributed by atoms with Gasteiger partial charge in [-0.15, -0.1) is 0 Å². The number of ketones is 2. The predicted molar refractivity (Wildman–Crippen MR) is 62.0 cm³/mol. The molecule has 0 heterocycles. The van der Waals surface area contributed by atoms with Gasteiger partial charge in [-0.1, -0.05) is 13.8 Å². The molecule has 16 heavy (non-hydrogen) atoms. The summed E-state index contributed by atoms with van der Waals surface area (Å²) in [6.45, 7) is 7.03. The summed E-state index contributed by atoms with van der Waals surface area (Å²) in [5, 5.41) is 10.7. The molecule has 3 heteroatoms. The standard InChI is InChI=1S/C13H20O3/c1-9-7-11(15)8-12(3,4)13(9,16)6-5-10(2)14/h7,16H,5-6,8H2,1-4H3/t13-/m1/s1. The molecular weight excluding hydrogens is 204 g/mol. The van der Waals surface area contributed by atoms with Crippen molar-refractivity contribution in [2.24, 2.45) is 5.41 Å². The number of allylic oxidation sites excluding steroid dienone is 1. The second-order valence-electron chi connectivity index (χ2n) is 5.42. The Hall–Kier alpha value is -0.960. The van der Waals surface area contributed by atoms with Crippen LogP contribution in [-0.2, 0) is 9.59 Å². The second-order valence-corrected chi connectivity index (χ2v) is 5.42. The lowest BCUT2D eigenvalue weighted by atomic mass is 9.63. The summed E-state index contributed by atoms with van der Waals surface area (Å²) in [4.78, 5) is 22.5. The van der Waals surface area contributed by atoms with Crippen LogP contribution in [0.1, 0.15) is 47.0 Å². The Morgan fingerprint density at radius 3 is 2.50 bits per heavy atom. The molecule has 0 aromatic carbocycles. The summed E-state index contributed by atoms with van der Waals surface area (Å²) in [6, 6.07) is 0. The molecule has 0 aromatic rings. The zero-order valence-corrected chi connectivity index (χ0v) is 10.5. The molecule has 0 aromatic heterocycles. The van der Waals surface area contributed by atoms with Gasteiger partial charge in [0.25, 0.3) is 0 Å². The summed E-state index contributed by atoms with van der Waals surface area (Å²) in [6.07, 6.45) is 2.58. The van der Waals surface area contributed by atoms with Crippen LogP contribution in [0.15, 0.2) is 11.6 Å². The first kappa shape index (κ1) is 13.1. The van der Waals surface area contributed by atoms with E-state index in [0.29, 0.717) is 24.8 Å². The third-order valence-electron chi connectivity index (χ3n) is 3.60. The number of carbonyl (C=O) groups excluding carboxylic acids is 2. The van der Waals surface area contributed by atoms with Crippen molar-refractivity contribution in [3.8, 4) is 0 Å². The third kappa shape index (κ3) is 2.24. The molecule has 1 rings (SSSR count). The van der Waals surface area contributed by atoms with E-state index in [1.54, 1.807) is 6.92 Å². The molecule has 0 aliphatic heterocycles. The van der Waals surface area contributed by atoms with Gasteiger partial charge in [0, 0.05) is 18.3 Å². The van der Waals surface area contributed by atoms with Crippen molar-refractivity contribution in [1.82, 2.24) is 0 Å². The van der Waals surface area contributed by atoms with Crippen LogP contribution in [0.25, 0.3) is 0 Å². The lowest BCUT2D eigenvalue weighted by Crippen LogP contribution is -2.49. The van der Waals surface area contributed by atoms with Crippen molar-refractivity contribution in [3.05, 3.63) is 11.6 Å². The van der Waals surface area contributed by atoms with Crippen molar-refractivity contribution in [1.29, 1.82) is 0 Å². The van der Waals surface area contributed by atoms with Gasteiger partial charge in [-0.2, -0.15) is 0 Å². The molecule has 0 radical (unpaired) electrons. The fraction of sp³-hybridized carbons (Fsp3) is 0.692. The Morgan fingerprint density at radius 1 is 1.50 bits per heavy atom. The Kier molecular flexibility index (Phi) is 3.38. The van der Waals surface area contributed by atoms with Crippen molar-refractivity contribution in [2.75, 3.05) is 0 Å². The zero-order valence-electron chi connectivity index (χ0n) is 10.5. The predicted octanol–water partition coefficient (Wildman–Crippen LogP) is 2.03. The van der Waals surface area contributed by atoms with Gasteiger partial charge in [0.15, 0.2) is 5.78 Å². The average molecular weight is 224 g/mol. The molecule has 0 amide bonds. The lowest BCUT2D eigenvalue weighted by molar-refractivity contribution is -0.126. The minimum absolute atomic E-state index is 0.0509. The largest absolute Gasteiger partial charge is 0.385 e. The normalized spacial score (nSPS) is 28.8. The van der Waals surface area contributed by atoms with Crippen LogP contribution in [0.4, 0.5) is 0 Å². The van der Waals surface area contributed by atoms with Crippen molar-refractivity contribution in [3.63, 3.8) is 0 Å². The van der Waals surface area contributed by atoms with Crippen LogP contribution < -0.4 is 0 Å². The summed E-state index contributed by atoms with van der Waals surface area (Å²) in [5.74, 6) is 0.115. The van der Waals surface area contributed by atoms with Gasteiger partial charge < -0.3 is 9.90 Å². The van der Waals surface area contributed by atoms with Crippen LogP contribution in [0.2, 0.25) is 0 Å². The van der Waals surface area contributed by atoms with E-state index in [1.165, 1.54) is 13.0 Å². The first-order valence-corrected chi connectivity index (χ1v) is 5.62. The number of hydrogen-bond donors (Lipinski definition) is 1. The minimum Gasteiger partial charge on any atom is -0.385 e. The van der Waals surface area contributed by atoms with Crippen molar-refractivity contribution < 1.29 is 14.7 Å². The molecule has 0 saturated carbocycles. The van der Waals surface area contributed by atoms with E-state index in [-0.39, 0.29) is 11.6 Å². The molecule has 0 bridgehead atoms. The SMILES string of the molecule is CC(=O)CC[C@@]1(O)C(C)=CC(=O)CC1(C)C. The lowest BCUT2D eigenvalue weighted by Gasteiger charge is -2.45. The van der Waals surface area contributed by atoms with Gasteiger partial charge in [0.2, 0.25) is 0 Å². The molecule has 1 N–H and O–H groups in total. The maximum Gasteiger partial charge on any atom is 0.156 e. The monoisotopic (exact) mass is 224 g/mol. The first-order valence-electron chi connectivity index (χ1n) is 5.62. The molecule has 3 nitrogen and oxygen atoms in total. The Morgan fingerprint density at radius 2 is 2.06 bits per heavy atom. The van der Waals surface area contributed by atoms with Gasteiger partial charge in [-0.25, -0.2) is 0 Å². The number of carbonyl (C=O) groups is 2. The van der Waals surface area contributed by atoms with Crippen LogP contribution in [0, 0.1) is 5.41 Å². The highest BCUT2D eigenvalue weighted by atomic mass is 16.3. The Bertz CT molecular complexity index is 352. The van der Waals surface area contributed by atoms with E-state index in [0.717, 1.165) is 0 Å². The van der Waals surface area contributed by atoms with Gasteiger partial charge in [0.1, 0.15) is 5.78 Å². The van der Waals surface area contributed by atoms with Crippen molar-refractivity contribution >= 4 is 11.6 Å². The van der Waals surface area contributed by atoms with Crippen LogP contribution >= 0.6 is 0 Å². The van der Waals surface area contributed by atoms with Crippen LogP contribution in [-0.4, -0.2) is 22.3 Å². The van der Waals surface area contributed by atoms with E-state index < -0.39 is 11.0 Å². The van der Waals surface area contributed by atoms with Gasteiger partial charge in [0.05, 0.1) is 5.60 Å². The number of Topliss-reactive ketones (excluding diaryl/α,β-unsaturated/α-hetero) is 1. The second kappa shape index (κ2) is 4.13. The maximum atomic E-state index is 11.5. The summed E-state index contributed by atoms with van der Waals surface area (Å²) in [5.41, 5.74) is -0.861. The maximum absolute atomic E-state index is 11.5. The fourth-order valence-electron chi connectivity index (χ4n) is 2.42. The van der Waals surface area contributed by atoms with E-state index in [4.69, 9.17) is 0 Å². The molecule has 1 aliphatic carbocycles.